The van der Waals surface area contributed by atoms with Crippen molar-refractivity contribution in [2.75, 3.05) is 20.7 Å². The summed E-state index contributed by atoms with van der Waals surface area (Å²) in [6.07, 6.45) is 0.752. The molecule has 0 bridgehead atoms. The quantitative estimate of drug-likeness (QED) is 0.862. The highest BCUT2D eigenvalue weighted by Crippen LogP contribution is 2.12. The van der Waals surface area contributed by atoms with Gasteiger partial charge in [-0.15, -0.1) is 0 Å². The second-order valence-corrected chi connectivity index (χ2v) is 4.88. The minimum atomic E-state index is -1.31. The Balaban J connectivity index is 2.52. The van der Waals surface area contributed by atoms with Crippen LogP contribution in [-0.2, 0) is 11.2 Å². The molecule has 0 aliphatic carbocycles. The summed E-state index contributed by atoms with van der Waals surface area (Å²) < 4.78 is 5.08. The standard InChI is InChI=1S/C14H21NO3/c1-14(2,17)13(16)15(3)10-9-11-5-7-12(18-4)8-6-11/h5-8,17H,9-10H2,1-4H3. The summed E-state index contributed by atoms with van der Waals surface area (Å²) in [5.41, 5.74) is -0.180. The van der Waals surface area contributed by atoms with Crippen LogP contribution in [0.5, 0.6) is 5.75 Å². The molecule has 0 fully saturated rings. The van der Waals surface area contributed by atoms with Gasteiger partial charge in [0.25, 0.3) is 5.91 Å². The van der Waals surface area contributed by atoms with Crippen molar-refractivity contribution in [3.05, 3.63) is 29.8 Å². The van der Waals surface area contributed by atoms with Crippen molar-refractivity contribution < 1.29 is 14.6 Å². The molecule has 0 aromatic heterocycles. The Morgan fingerprint density at radius 1 is 1.33 bits per heavy atom. The molecule has 0 saturated heterocycles. The summed E-state index contributed by atoms with van der Waals surface area (Å²) in [6, 6.07) is 7.74. The highest BCUT2D eigenvalue weighted by Gasteiger charge is 2.26. The van der Waals surface area contributed by atoms with Crippen LogP contribution in [-0.4, -0.2) is 42.2 Å². The van der Waals surface area contributed by atoms with Gasteiger partial charge in [-0.25, -0.2) is 0 Å². The van der Waals surface area contributed by atoms with E-state index in [1.165, 1.54) is 13.8 Å². The lowest BCUT2D eigenvalue weighted by Crippen LogP contribution is -2.43. The van der Waals surface area contributed by atoms with Crippen LogP contribution >= 0.6 is 0 Å². The number of hydrogen-bond acceptors (Lipinski definition) is 3. The van der Waals surface area contributed by atoms with Crippen molar-refractivity contribution in [3.8, 4) is 5.75 Å². The van der Waals surface area contributed by atoms with Crippen molar-refractivity contribution in [2.45, 2.75) is 25.9 Å². The molecule has 1 aromatic carbocycles. The molecule has 18 heavy (non-hydrogen) atoms. The lowest BCUT2D eigenvalue weighted by Gasteiger charge is -2.24. The fraction of sp³-hybridized carbons (Fsp3) is 0.500. The van der Waals surface area contributed by atoms with Crippen LogP contribution in [0.3, 0.4) is 0 Å². The molecule has 1 amide bonds. The monoisotopic (exact) mass is 251 g/mol. The lowest BCUT2D eigenvalue weighted by atomic mass is 10.1. The summed E-state index contributed by atoms with van der Waals surface area (Å²) in [5, 5.41) is 9.61. The van der Waals surface area contributed by atoms with E-state index in [9.17, 15) is 9.90 Å². The first-order chi connectivity index (χ1) is 8.34. The van der Waals surface area contributed by atoms with Crippen LogP contribution < -0.4 is 4.74 Å². The molecular formula is C14H21NO3. The van der Waals surface area contributed by atoms with Gasteiger partial charge in [0.1, 0.15) is 11.4 Å². The van der Waals surface area contributed by atoms with E-state index < -0.39 is 5.60 Å². The van der Waals surface area contributed by atoms with E-state index in [0.717, 1.165) is 17.7 Å². The summed E-state index contributed by atoms with van der Waals surface area (Å²) in [4.78, 5) is 13.3. The van der Waals surface area contributed by atoms with Crippen LogP contribution in [0, 0.1) is 0 Å². The van der Waals surface area contributed by atoms with Crippen molar-refractivity contribution >= 4 is 5.91 Å². The number of carbonyl (C=O) groups is 1. The topological polar surface area (TPSA) is 49.8 Å². The maximum absolute atomic E-state index is 11.7. The largest absolute Gasteiger partial charge is 0.497 e. The fourth-order valence-electron chi connectivity index (χ4n) is 1.66. The first-order valence-electron chi connectivity index (χ1n) is 5.95. The average molecular weight is 251 g/mol. The molecule has 4 nitrogen and oxygen atoms in total. The van der Waals surface area contributed by atoms with E-state index in [4.69, 9.17) is 4.74 Å². The minimum absolute atomic E-state index is 0.268. The smallest absolute Gasteiger partial charge is 0.253 e. The molecule has 100 valence electrons. The zero-order valence-electron chi connectivity index (χ0n) is 11.4. The highest BCUT2D eigenvalue weighted by molar-refractivity contribution is 5.83. The molecular weight excluding hydrogens is 230 g/mol. The number of methoxy groups -OCH3 is 1. The first kappa shape index (κ1) is 14.5. The fourth-order valence-corrected chi connectivity index (χ4v) is 1.66. The zero-order valence-corrected chi connectivity index (χ0v) is 11.4. The highest BCUT2D eigenvalue weighted by atomic mass is 16.5. The Morgan fingerprint density at radius 3 is 2.33 bits per heavy atom. The van der Waals surface area contributed by atoms with E-state index >= 15 is 0 Å². The number of rotatable bonds is 5. The summed E-state index contributed by atoms with van der Waals surface area (Å²) in [5.74, 6) is 0.552. The molecule has 4 heteroatoms. The molecule has 0 aliphatic heterocycles. The third kappa shape index (κ3) is 4.04. The second kappa shape index (κ2) is 5.87. The summed E-state index contributed by atoms with van der Waals surface area (Å²) in [6.45, 7) is 3.58. The number of benzene rings is 1. The molecule has 1 N–H and O–H groups in total. The predicted octanol–water partition coefficient (Wildman–Crippen LogP) is 1.47. The van der Waals surface area contributed by atoms with Crippen LogP contribution in [0.4, 0.5) is 0 Å². The summed E-state index contributed by atoms with van der Waals surface area (Å²) in [7, 11) is 3.33. The van der Waals surface area contributed by atoms with Crippen LogP contribution in [0.1, 0.15) is 19.4 Å². The van der Waals surface area contributed by atoms with Gasteiger partial charge in [0.2, 0.25) is 0 Å². The molecule has 0 unspecified atom stereocenters. The zero-order chi connectivity index (χ0) is 13.8. The van der Waals surface area contributed by atoms with Gasteiger partial charge in [-0.05, 0) is 38.0 Å². The Morgan fingerprint density at radius 2 is 1.89 bits per heavy atom. The van der Waals surface area contributed by atoms with Gasteiger partial charge in [-0.2, -0.15) is 0 Å². The van der Waals surface area contributed by atoms with Gasteiger partial charge < -0.3 is 14.7 Å². The minimum Gasteiger partial charge on any atom is -0.497 e. The van der Waals surface area contributed by atoms with Gasteiger partial charge >= 0.3 is 0 Å². The number of hydrogen-bond donors (Lipinski definition) is 1. The van der Waals surface area contributed by atoms with E-state index in [1.807, 2.05) is 24.3 Å². The third-order valence-corrected chi connectivity index (χ3v) is 2.77. The number of carbonyl (C=O) groups excluding carboxylic acids is 1. The summed E-state index contributed by atoms with van der Waals surface area (Å²) >= 11 is 0. The SMILES string of the molecule is COc1ccc(CCN(C)C(=O)C(C)(C)O)cc1. The lowest BCUT2D eigenvalue weighted by molar-refractivity contribution is -0.146. The number of aliphatic hydroxyl groups is 1. The Kier molecular flexibility index (Phi) is 4.73. The Hall–Kier alpha value is -1.55. The van der Waals surface area contributed by atoms with Gasteiger partial charge in [-0.1, -0.05) is 12.1 Å². The number of nitrogens with zero attached hydrogens (tertiary/aromatic N) is 1. The Bertz CT molecular complexity index is 392. The average Bonchev–Trinajstić information content (AvgIpc) is 2.34. The molecule has 1 aromatic rings. The van der Waals surface area contributed by atoms with Crippen LogP contribution in [0.15, 0.2) is 24.3 Å². The van der Waals surface area contributed by atoms with E-state index in [2.05, 4.69) is 0 Å². The van der Waals surface area contributed by atoms with Crippen LogP contribution in [0.2, 0.25) is 0 Å². The second-order valence-electron chi connectivity index (χ2n) is 4.88. The molecule has 0 spiro atoms. The first-order valence-corrected chi connectivity index (χ1v) is 5.95. The molecule has 0 saturated carbocycles. The van der Waals surface area contributed by atoms with Gasteiger partial charge in [0.15, 0.2) is 0 Å². The van der Waals surface area contributed by atoms with E-state index in [1.54, 1.807) is 19.1 Å². The molecule has 0 heterocycles. The van der Waals surface area contributed by atoms with E-state index in [-0.39, 0.29) is 5.91 Å². The Labute approximate surface area is 108 Å². The maximum atomic E-state index is 11.7. The van der Waals surface area contributed by atoms with Gasteiger partial charge in [0, 0.05) is 13.6 Å². The van der Waals surface area contributed by atoms with Crippen molar-refractivity contribution in [1.82, 2.24) is 4.90 Å². The normalized spacial score (nSPS) is 11.2. The molecule has 0 aliphatic rings. The maximum Gasteiger partial charge on any atom is 0.253 e. The van der Waals surface area contributed by atoms with Gasteiger partial charge in [0.05, 0.1) is 7.11 Å². The molecule has 0 atom stereocenters. The van der Waals surface area contributed by atoms with Crippen molar-refractivity contribution in [3.63, 3.8) is 0 Å². The number of amides is 1. The predicted molar refractivity (Wildman–Crippen MR) is 70.6 cm³/mol. The molecule has 1 rings (SSSR count). The number of ether oxygens (including phenoxy) is 1. The van der Waals surface area contributed by atoms with Gasteiger partial charge in [-0.3, -0.25) is 4.79 Å². The van der Waals surface area contributed by atoms with Crippen LogP contribution in [0.25, 0.3) is 0 Å². The van der Waals surface area contributed by atoms with Crippen molar-refractivity contribution in [2.24, 2.45) is 0 Å². The third-order valence-electron chi connectivity index (χ3n) is 2.77. The molecule has 0 radical (unpaired) electrons. The van der Waals surface area contributed by atoms with E-state index in [0.29, 0.717) is 6.54 Å². The number of likely N-dealkylation sites (N-methyl/N-ethyl adjacent to an activating group) is 1. The van der Waals surface area contributed by atoms with Crippen molar-refractivity contribution in [1.29, 1.82) is 0 Å².